The van der Waals surface area contributed by atoms with Crippen LogP contribution in [0, 0.1) is 0 Å². The molecule has 0 aliphatic carbocycles. The Labute approximate surface area is 316 Å². The largest absolute Gasteiger partial charge is 0.456 e. The second-order valence-electron chi connectivity index (χ2n) is 14.0. The zero-order valence-electron chi connectivity index (χ0n) is 29.7. The first-order valence-electron chi connectivity index (χ1n) is 18.6. The highest BCUT2D eigenvalue weighted by molar-refractivity contribution is 6.18. The van der Waals surface area contributed by atoms with Crippen molar-refractivity contribution in [2.24, 2.45) is 0 Å². The smallest absolute Gasteiger partial charge is 0.164 e. The van der Waals surface area contributed by atoms with E-state index in [1.807, 2.05) is 48.5 Å². The van der Waals surface area contributed by atoms with Crippen LogP contribution in [0.4, 0.5) is 0 Å². The van der Waals surface area contributed by atoms with Gasteiger partial charge in [-0.3, -0.25) is 0 Å². The summed E-state index contributed by atoms with van der Waals surface area (Å²) in [7, 11) is 0. The molecule has 8 aromatic carbocycles. The maximum Gasteiger partial charge on any atom is 0.164 e. The first-order chi connectivity index (χ1) is 27.2. The Hall–Kier alpha value is -7.37. The van der Waals surface area contributed by atoms with Crippen molar-refractivity contribution in [3.63, 3.8) is 0 Å². The minimum atomic E-state index is 0.602. The molecule has 0 radical (unpaired) electrons. The van der Waals surface area contributed by atoms with Crippen molar-refractivity contribution in [2.45, 2.75) is 6.54 Å². The first kappa shape index (κ1) is 31.2. The molecule has 11 aromatic rings. The predicted octanol–water partition coefficient (Wildman–Crippen LogP) is 12.7. The molecule has 0 atom stereocenters. The van der Waals surface area contributed by atoms with Gasteiger partial charge >= 0.3 is 0 Å². The van der Waals surface area contributed by atoms with Gasteiger partial charge in [0, 0.05) is 55.7 Å². The fourth-order valence-corrected chi connectivity index (χ4v) is 8.11. The highest BCUT2D eigenvalue weighted by Gasteiger charge is 2.19. The summed E-state index contributed by atoms with van der Waals surface area (Å²) < 4.78 is 9.07. The van der Waals surface area contributed by atoms with Gasteiger partial charge in [-0.05, 0) is 40.3 Å². The van der Waals surface area contributed by atoms with Crippen LogP contribution >= 0.6 is 0 Å². The Balaban J connectivity index is 1.04. The predicted molar refractivity (Wildman–Crippen MR) is 225 cm³/mol. The topological polar surface area (TPSA) is 56.7 Å². The van der Waals surface area contributed by atoms with Crippen LogP contribution < -0.4 is 0 Å². The fraction of sp³-hybridized carbons (Fsp3) is 0.0200. The summed E-state index contributed by atoms with van der Waals surface area (Å²) in [6.45, 7) is 0.707. The summed E-state index contributed by atoms with van der Waals surface area (Å²) in [5, 5.41) is 7.03. The van der Waals surface area contributed by atoms with Gasteiger partial charge in [0.2, 0.25) is 0 Å². The van der Waals surface area contributed by atoms with Gasteiger partial charge in [-0.15, -0.1) is 0 Å². The first-order valence-corrected chi connectivity index (χ1v) is 18.6. The van der Waals surface area contributed by atoms with Crippen molar-refractivity contribution >= 4 is 54.5 Å². The molecule has 5 heteroatoms. The average Bonchev–Trinajstić information content (AvgIpc) is 3.79. The molecule has 0 amide bonds. The molecule has 0 saturated heterocycles. The van der Waals surface area contributed by atoms with E-state index in [4.69, 9.17) is 19.4 Å². The maximum absolute atomic E-state index is 6.62. The minimum Gasteiger partial charge on any atom is -0.456 e. The summed E-state index contributed by atoms with van der Waals surface area (Å²) in [6.07, 6.45) is 0. The van der Waals surface area contributed by atoms with Crippen molar-refractivity contribution < 1.29 is 4.42 Å². The number of furan rings is 1. The highest BCUT2D eigenvalue weighted by Crippen LogP contribution is 2.39. The van der Waals surface area contributed by atoms with Crippen molar-refractivity contribution in [3.05, 3.63) is 188 Å². The van der Waals surface area contributed by atoms with E-state index in [0.29, 0.717) is 24.0 Å². The van der Waals surface area contributed by atoms with Crippen molar-refractivity contribution in [3.8, 4) is 45.3 Å². The molecule has 0 aliphatic rings. The van der Waals surface area contributed by atoms with Crippen molar-refractivity contribution in [1.29, 1.82) is 0 Å². The molecular formula is C50H32N4O. The quantitative estimate of drug-likeness (QED) is 0.173. The van der Waals surface area contributed by atoms with E-state index in [2.05, 4.69) is 138 Å². The molecule has 258 valence electrons. The van der Waals surface area contributed by atoms with E-state index in [1.165, 1.54) is 38.1 Å². The Morgan fingerprint density at radius 1 is 0.418 bits per heavy atom. The van der Waals surface area contributed by atoms with Gasteiger partial charge < -0.3 is 8.98 Å². The Morgan fingerprint density at radius 3 is 1.84 bits per heavy atom. The monoisotopic (exact) mass is 704 g/mol. The van der Waals surface area contributed by atoms with E-state index < -0.39 is 0 Å². The van der Waals surface area contributed by atoms with E-state index in [0.717, 1.165) is 49.8 Å². The molecule has 5 nitrogen and oxygen atoms in total. The van der Waals surface area contributed by atoms with Gasteiger partial charge in [0.05, 0.1) is 5.52 Å². The third-order valence-electron chi connectivity index (χ3n) is 10.7. The normalized spacial score (nSPS) is 11.7. The molecule has 0 saturated carbocycles. The lowest BCUT2D eigenvalue weighted by atomic mass is 10.0. The lowest BCUT2D eigenvalue weighted by Gasteiger charge is -2.10. The Morgan fingerprint density at radius 2 is 1.04 bits per heavy atom. The van der Waals surface area contributed by atoms with Crippen LogP contribution in [0.1, 0.15) is 5.56 Å². The van der Waals surface area contributed by atoms with Gasteiger partial charge in [0.1, 0.15) is 11.2 Å². The maximum atomic E-state index is 6.62. The van der Waals surface area contributed by atoms with Crippen molar-refractivity contribution in [1.82, 2.24) is 19.5 Å². The number of hydrogen-bond donors (Lipinski definition) is 0. The van der Waals surface area contributed by atoms with Crippen LogP contribution in [-0.2, 0) is 6.54 Å². The van der Waals surface area contributed by atoms with E-state index in [-0.39, 0.29) is 0 Å². The van der Waals surface area contributed by atoms with Gasteiger partial charge in [-0.1, -0.05) is 164 Å². The third kappa shape index (κ3) is 5.28. The lowest BCUT2D eigenvalue weighted by Crippen LogP contribution is -2.00. The molecule has 55 heavy (non-hydrogen) atoms. The Kier molecular flexibility index (Phi) is 7.17. The van der Waals surface area contributed by atoms with E-state index in [1.54, 1.807) is 0 Å². The summed E-state index contributed by atoms with van der Waals surface area (Å²) >= 11 is 0. The van der Waals surface area contributed by atoms with Crippen LogP contribution in [0.15, 0.2) is 186 Å². The van der Waals surface area contributed by atoms with Crippen molar-refractivity contribution in [2.75, 3.05) is 0 Å². The molecule has 0 spiro atoms. The number of aromatic nitrogens is 4. The summed E-state index contributed by atoms with van der Waals surface area (Å²) in [4.78, 5) is 15.2. The highest BCUT2D eigenvalue weighted by atomic mass is 16.3. The molecular weight excluding hydrogens is 673 g/mol. The molecule has 0 aliphatic heterocycles. The fourth-order valence-electron chi connectivity index (χ4n) is 8.11. The van der Waals surface area contributed by atoms with Gasteiger partial charge in [0.25, 0.3) is 0 Å². The van der Waals surface area contributed by atoms with Crippen LogP contribution in [-0.4, -0.2) is 19.5 Å². The second-order valence-corrected chi connectivity index (χ2v) is 14.0. The summed E-state index contributed by atoms with van der Waals surface area (Å²) in [6, 6.07) is 63.5. The summed E-state index contributed by atoms with van der Waals surface area (Å²) in [5.74, 6) is 1.85. The SMILES string of the molecule is c1ccc(-c2ccc(-c3nc(-c4ccccc4)nc(-c4cccc5oc6cc(Cn7c8ccccc8c8ccc9ccccc9c87)ccc6c45)n3)cc2)cc1. The molecule has 0 unspecified atom stereocenters. The number of para-hydroxylation sites is 1. The zero-order valence-corrected chi connectivity index (χ0v) is 29.7. The number of rotatable bonds is 6. The van der Waals surface area contributed by atoms with E-state index >= 15 is 0 Å². The number of fused-ring (bicyclic) bond motifs is 8. The number of nitrogens with zero attached hydrogens (tertiary/aromatic N) is 4. The van der Waals surface area contributed by atoms with Gasteiger partial charge in [-0.25, -0.2) is 15.0 Å². The second kappa shape index (κ2) is 12.6. The minimum absolute atomic E-state index is 0.602. The van der Waals surface area contributed by atoms with Crippen LogP contribution in [0.25, 0.3) is 99.8 Å². The standard InChI is InChI=1S/C50H32N4O/c1-3-12-33(13-4-1)34-23-25-37(26-24-34)49-51-48(36-15-5-2-6-16-36)52-50(53-49)42-19-11-21-44-46(42)41-28-22-32(30-45(41)55-44)31-54-43-20-10-9-18-39(43)40-29-27-35-14-7-8-17-38(35)47(40)54/h1-30H,31H2. The third-order valence-corrected chi connectivity index (χ3v) is 10.7. The van der Waals surface area contributed by atoms with Gasteiger partial charge in [-0.2, -0.15) is 0 Å². The van der Waals surface area contributed by atoms with Gasteiger partial charge in [0.15, 0.2) is 17.5 Å². The van der Waals surface area contributed by atoms with Crippen LogP contribution in [0.2, 0.25) is 0 Å². The lowest BCUT2D eigenvalue weighted by molar-refractivity contribution is 0.667. The molecule has 0 fully saturated rings. The zero-order chi connectivity index (χ0) is 36.3. The van der Waals surface area contributed by atoms with E-state index in [9.17, 15) is 0 Å². The molecule has 0 bridgehead atoms. The molecule has 3 heterocycles. The molecule has 11 rings (SSSR count). The molecule has 0 N–H and O–H groups in total. The van der Waals surface area contributed by atoms with Crippen LogP contribution in [0.5, 0.6) is 0 Å². The number of benzene rings is 8. The Bertz CT molecular complexity index is 3220. The number of hydrogen-bond acceptors (Lipinski definition) is 4. The molecule has 3 aromatic heterocycles. The van der Waals surface area contributed by atoms with Crippen LogP contribution in [0.3, 0.4) is 0 Å². The average molecular weight is 705 g/mol. The summed E-state index contributed by atoms with van der Waals surface area (Å²) in [5.41, 5.74) is 10.3.